The summed E-state index contributed by atoms with van der Waals surface area (Å²) in [6.45, 7) is 2.76. The molecule has 112 valence electrons. The van der Waals surface area contributed by atoms with E-state index in [1.807, 2.05) is 25.1 Å². The van der Waals surface area contributed by atoms with Gasteiger partial charge >= 0.3 is 0 Å². The van der Waals surface area contributed by atoms with Gasteiger partial charge in [0.2, 0.25) is 0 Å². The molecule has 0 unspecified atom stereocenters. The molecule has 1 aliphatic rings. The second-order valence-electron chi connectivity index (χ2n) is 5.20. The molecule has 1 amide bonds. The minimum Gasteiger partial charge on any atom is -0.376 e. The van der Waals surface area contributed by atoms with Crippen molar-refractivity contribution in [3.8, 4) is 0 Å². The number of carbonyl (C=O) groups excluding carboxylic acids is 1. The van der Waals surface area contributed by atoms with E-state index in [1.165, 1.54) is 11.3 Å². The summed E-state index contributed by atoms with van der Waals surface area (Å²) in [4.78, 5) is 13.0. The zero-order valence-corrected chi connectivity index (χ0v) is 14.6. The number of hydrogen-bond donors (Lipinski definition) is 1. The highest BCUT2D eigenvalue weighted by Gasteiger charge is 2.25. The van der Waals surface area contributed by atoms with E-state index in [4.69, 9.17) is 16.3 Å². The summed E-state index contributed by atoms with van der Waals surface area (Å²) >= 11 is 11.2. The average Bonchev–Trinajstić information content (AvgIpc) is 3.07. The Morgan fingerprint density at radius 2 is 2.38 bits per heavy atom. The van der Waals surface area contributed by atoms with Gasteiger partial charge < -0.3 is 10.1 Å². The Hall–Kier alpha value is -0.620. The highest BCUT2D eigenvalue weighted by atomic mass is 79.9. The van der Waals surface area contributed by atoms with Crippen LogP contribution < -0.4 is 5.32 Å². The molecule has 21 heavy (non-hydrogen) atoms. The maximum absolute atomic E-state index is 12.4. The number of ether oxygens (including phenoxy) is 1. The molecule has 1 aromatic heterocycles. The Bertz CT molecular complexity index is 682. The maximum atomic E-state index is 12.4. The summed E-state index contributed by atoms with van der Waals surface area (Å²) in [5.74, 6) is -0.125. The van der Waals surface area contributed by atoms with E-state index in [9.17, 15) is 4.79 Å². The van der Waals surface area contributed by atoms with Gasteiger partial charge in [-0.15, -0.1) is 11.3 Å². The molecule has 1 N–H and O–H groups in total. The second-order valence-corrected chi connectivity index (χ2v) is 7.55. The van der Waals surface area contributed by atoms with Gasteiger partial charge in [-0.1, -0.05) is 33.6 Å². The molecule has 0 aliphatic carbocycles. The van der Waals surface area contributed by atoms with Gasteiger partial charge in [-0.05, 0) is 31.9 Å². The van der Waals surface area contributed by atoms with Crippen molar-refractivity contribution in [2.24, 2.45) is 0 Å². The molecular weight excluding hydrogens is 374 g/mol. The lowest BCUT2D eigenvalue weighted by molar-refractivity contribution is 0.0715. The molecule has 2 atom stereocenters. The van der Waals surface area contributed by atoms with Crippen molar-refractivity contribution in [2.45, 2.75) is 31.9 Å². The van der Waals surface area contributed by atoms with Gasteiger partial charge in [0, 0.05) is 21.2 Å². The fraction of sp³-hybridized carbons (Fsp3) is 0.400. The number of hydrogen-bond acceptors (Lipinski definition) is 3. The molecule has 6 heteroatoms. The van der Waals surface area contributed by atoms with Crippen LogP contribution in [-0.2, 0) is 4.74 Å². The van der Waals surface area contributed by atoms with Crippen LogP contribution in [0.2, 0.25) is 5.02 Å². The van der Waals surface area contributed by atoms with Crippen LogP contribution in [0.1, 0.15) is 29.4 Å². The fourth-order valence-electron chi connectivity index (χ4n) is 2.55. The molecule has 1 aliphatic heterocycles. The minimum atomic E-state index is -0.125. The molecular formula is C15H15BrClNO2S. The van der Waals surface area contributed by atoms with Crippen molar-refractivity contribution in [2.75, 3.05) is 6.61 Å². The van der Waals surface area contributed by atoms with Crippen LogP contribution in [0, 0.1) is 0 Å². The quantitative estimate of drug-likeness (QED) is 0.833. The van der Waals surface area contributed by atoms with E-state index in [0.717, 1.165) is 34.0 Å². The van der Waals surface area contributed by atoms with Crippen molar-refractivity contribution in [1.29, 1.82) is 0 Å². The molecule has 0 saturated carbocycles. The van der Waals surface area contributed by atoms with Gasteiger partial charge in [-0.2, -0.15) is 0 Å². The van der Waals surface area contributed by atoms with Gasteiger partial charge in [0.05, 0.1) is 17.2 Å². The molecule has 2 aromatic rings. The fourth-order valence-corrected chi connectivity index (χ4v) is 4.52. The molecule has 2 heterocycles. The van der Waals surface area contributed by atoms with Gasteiger partial charge in [0.1, 0.15) is 4.88 Å². The number of carbonyl (C=O) groups is 1. The third kappa shape index (κ3) is 3.11. The lowest BCUT2D eigenvalue weighted by Crippen LogP contribution is -2.40. The van der Waals surface area contributed by atoms with Crippen molar-refractivity contribution in [3.63, 3.8) is 0 Å². The number of benzene rings is 1. The van der Waals surface area contributed by atoms with Crippen LogP contribution in [0.5, 0.6) is 0 Å². The summed E-state index contributed by atoms with van der Waals surface area (Å²) in [6, 6.07) is 5.83. The summed E-state index contributed by atoms with van der Waals surface area (Å²) in [6.07, 6.45) is 2.16. The Kier molecular flexibility index (Phi) is 4.54. The van der Waals surface area contributed by atoms with Gasteiger partial charge in [-0.3, -0.25) is 4.79 Å². The molecule has 1 aromatic carbocycles. The predicted octanol–water partition coefficient (Wildman–Crippen LogP) is 4.61. The number of thiophene rings is 1. The van der Waals surface area contributed by atoms with Crippen LogP contribution in [0.3, 0.4) is 0 Å². The largest absolute Gasteiger partial charge is 0.376 e. The average molecular weight is 389 g/mol. The molecule has 0 radical (unpaired) electrons. The SMILES string of the molecule is C[C@@H](NC(=O)c1sc2cc(Br)ccc2c1Cl)[C@H]1CCCO1. The van der Waals surface area contributed by atoms with E-state index in [-0.39, 0.29) is 18.1 Å². The van der Waals surface area contributed by atoms with Crippen molar-refractivity contribution in [3.05, 3.63) is 32.6 Å². The van der Waals surface area contributed by atoms with E-state index < -0.39 is 0 Å². The van der Waals surface area contributed by atoms with Gasteiger partial charge in [-0.25, -0.2) is 0 Å². The monoisotopic (exact) mass is 387 g/mol. The molecule has 1 fully saturated rings. The summed E-state index contributed by atoms with van der Waals surface area (Å²) in [7, 11) is 0. The first-order valence-corrected chi connectivity index (χ1v) is 8.85. The third-order valence-electron chi connectivity index (χ3n) is 3.68. The Morgan fingerprint density at radius 3 is 3.10 bits per heavy atom. The lowest BCUT2D eigenvalue weighted by atomic mass is 10.1. The highest BCUT2D eigenvalue weighted by molar-refractivity contribution is 9.10. The Labute approximate surface area is 140 Å². The predicted molar refractivity (Wildman–Crippen MR) is 90.4 cm³/mol. The van der Waals surface area contributed by atoms with E-state index >= 15 is 0 Å². The topological polar surface area (TPSA) is 38.3 Å². The zero-order valence-electron chi connectivity index (χ0n) is 11.5. The Morgan fingerprint density at radius 1 is 1.57 bits per heavy atom. The van der Waals surface area contributed by atoms with Gasteiger partial charge in [0.25, 0.3) is 5.91 Å². The minimum absolute atomic E-state index is 0.00647. The van der Waals surface area contributed by atoms with Crippen molar-refractivity contribution < 1.29 is 9.53 Å². The zero-order chi connectivity index (χ0) is 15.0. The number of nitrogens with one attached hydrogen (secondary N) is 1. The molecule has 3 rings (SSSR count). The third-order valence-corrected chi connectivity index (χ3v) is 5.83. The first-order valence-electron chi connectivity index (χ1n) is 6.86. The lowest BCUT2D eigenvalue weighted by Gasteiger charge is -2.19. The molecule has 0 bridgehead atoms. The van der Waals surface area contributed by atoms with Crippen LogP contribution in [0.4, 0.5) is 0 Å². The summed E-state index contributed by atoms with van der Waals surface area (Å²) < 4.78 is 7.59. The summed E-state index contributed by atoms with van der Waals surface area (Å²) in [5, 5.41) is 4.45. The number of halogens is 2. The number of amides is 1. The molecule has 3 nitrogen and oxygen atoms in total. The van der Waals surface area contributed by atoms with Gasteiger partial charge in [0.15, 0.2) is 0 Å². The molecule has 0 spiro atoms. The van der Waals surface area contributed by atoms with E-state index in [2.05, 4.69) is 21.2 Å². The Balaban J connectivity index is 1.82. The standard InChI is InChI=1S/C15H15BrClNO2S/c1-8(11-3-2-6-20-11)18-15(19)14-13(17)10-5-4-9(16)7-12(10)21-14/h4-5,7-8,11H,2-3,6H2,1H3,(H,18,19)/t8-,11-/m1/s1. The maximum Gasteiger partial charge on any atom is 0.263 e. The summed E-state index contributed by atoms with van der Waals surface area (Å²) in [5.41, 5.74) is 0. The van der Waals surface area contributed by atoms with Crippen LogP contribution in [-0.4, -0.2) is 24.7 Å². The van der Waals surface area contributed by atoms with Crippen LogP contribution in [0.15, 0.2) is 22.7 Å². The van der Waals surface area contributed by atoms with E-state index in [1.54, 1.807) is 0 Å². The smallest absolute Gasteiger partial charge is 0.263 e. The number of rotatable bonds is 3. The van der Waals surface area contributed by atoms with Crippen molar-refractivity contribution in [1.82, 2.24) is 5.32 Å². The van der Waals surface area contributed by atoms with Crippen LogP contribution in [0.25, 0.3) is 10.1 Å². The molecule has 1 saturated heterocycles. The first-order chi connectivity index (χ1) is 10.1. The highest BCUT2D eigenvalue weighted by Crippen LogP contribution is 2.36. The second kappa shape index (κ2) is 6.24. The normalized spacial score (nSPS) is 19.9. The van der Waals surface area contributed by atoms with Crippen LogP contribution >= 0.6 is 38.9 Å². The number of fused-ring (bicyclic) bond motifs is 1. The van der Waals surface area contributed by atoms with E-state index in [0.29, 0.717) is 9.90 Å². The first kappa shape index (κ1) is 15.3. The van der Waals surface area contributed by atoms with Crippen molar-refractivity contribution >= 4 is 54.9 Å².